The van der Waals surface area contributed by atoms with Gasteiger partial charge in [0.1, 0.15) is 11.9 Å². The summed E-state index contributed by atoms with van der Waals surface area (Å²) in [4.78, 5) is 1.36. The fourth-order valence-corrected chi connectivity index (χ4v) is 3.45. The monoisotopic (exact) mass is 219 g/mol. The van der Waals surface area contributed by atoms with E-state index in [1.54, 1.807) is 0 Å². The van der Waals surface area contributed by atoms with Gasteiger partial charge in [0, 0.05) is 22.8 Å². The van der Waals surface area contributed by atoms with Crippen LogP contribution in [0, 0.1) is 0 Å². The van der Waals surface area contributed by atoms with Gasteiger partial charge in [-0.15, -0.1) is 11.8 Å². The first-order valence-corrected chi connectivity index (χ1v) is 6.20. The summed E-state index contributed by atoms with van der Waals surface area (Å²) in [5, 5.41) is 0. The molecule has 3 rings (SSSR count). The van der Waals surface area contributed by atoms with Crippen LogP contribution in [0.5, 0.6) is 5.75 Å². The minimum Gasteiger partial charge on any atom is -0.483 e. The van der Waals surface area contributed by atoms with Crippen LogP contribution in [0.1, 0.15) is 12.0 Å². The molecule has 0 saturated carbocycles. The van der Waals surface area contributed by atoms with Gasteiger partial charge in [-0.2, -0.15) is 0 Å². The van der Waals surface area contributed by atoms with E-state index in [0.29, 0.717) is 6.54 Å². The number of benzene rings is 1. The van der Waals surface area contributed by atoms with E-state index in [9.17, 15) is 0 Å². The number of thioether (sulfide) groups is 1. The lowest BCUT2D eigenvalue weighted by Gasteiger charge is -2.26. The van der Waals surface area contributed by atoms with Crippen molar-refractivity contribution >= 4 is 17.3 Å². The van der Waals surface area contributed by atoms with Crippen molar-refractivity contribution in [2.45, 2.75) is 12.5 Å². The zero-order chi connectivity index (χ0) is 10.3. The molecule has 0 aromatic heterocycles. The summed E-state index contributed by atoms with van der Waals surface area (Å²) >= 11 is 1.90. The van der Waals surface area contributed by atoms with Crippen molar-refractivity contribution in [3.63, 3.8) is 0 Å². The highest BCUT2D eigenvalue weighted by Crippen LogP contribution is 2.46. The lowest BCUT2D eigenvalue weighted by atomic mass is 9.98. The number of para-hydroxylation sites is 1. The molecule has 0 spiro atoms. The van der Waals surface area contributed by atoms with E-state index in [-0.39, 0.29) is 6.10 Å². The van der Waals surface area contributed by atoms with Crippen molar-refractivity contribution < 1.29 is 4.74 Å². The molecule has 2 aliphatic heterocycles. The van der Waals surface area contributed by atoms with E-state index in [1.807, 2.05) is 23.9 Å². The van der Waals surface area contributed by atoms with Crippen LogP contribution in [-0.2, 0) is 0 Å². The maximum atomic E-state index is 5.89. The fourth-order valence-electron chi connectivity index (χ4n) is 2.21. The topological polar surface area (TPSA) is 35.2 Å². The Hall–Kier alpha value is -0.930. The molecule has 0 radical (unpaired) electrons. The molecule has 2 nitrogen and oxygen atoms in total. The number of allylic oxidation sites excluding steroid dienone is 1. The molecule has 0 aliphatic carbocycles. The number of fused-ring (bicyclic) bond motifs is 2. The molecule has 1 unspecified atom stereocenters. The van der Waals surface area contributed by atoms with E-state index < -0.39 is 0 Å². The largest absolute Gasteiger partial charge is 0.483 e. The van der Waals surface area contributed by atoms with Gasteiger partial charge < -0.3 is 10.5 Å². The van der Waals surface area contributed by atoms with Gasteiger partial charge in [-0.1, -0.05) is 18.2 Å². The van der Waals surface area contributed by atoms with Crippen LogP contribution in [0.4, 0.5) is 0 Å². The molecule has 2 N–H and O–H groups in total. The third-order valence-electron chi connectivity index (χ3n) is 2.89. The number of rotatable bonds is 1. The van der Waals surface area contributed by atoms with Crippen LogP contribution in [0.15, 0.2) is 29.2 Å². The summed E-state index contributed by atoms with van der Waals surface area (Å²) in [5.74, 6) is 2.16. The van der Waals surface area contributed by atoms with Crippen LogP contribution in [-0.4, -0.2) is 18.4 Å². The normalized spacial score (nSPS) is 23.4. The predicted octanol–water partition coefficient (Wildman–Crippen LogP) is 2.25. The van der Waals surface area contributed by atoms with Gasteiger partial charge in [0.25, 0.3) is 0 Å². The maximum Gasteiger partial charge on any atom is 0.142 e. The van der Waals surface area contributed by atoms with E-state index in [1.165, 1.54) is 21.8 Å². The van der Waals surface area contributed by atoms with Crippen molar-refractivity contribution in [3.8, 4) is 5.75 Å². The summed E-state index contributed by atoms with van der Waals surface area (Å²) in [7, 11) is 0. The minimum absolute atomic E-state index is 0.0856. The first-order chi connectivity index (χ1) is 7.40. The highest BCUT2D eigenvalue weighted by atomic mass is 32.2. The number of hydrogen-bond acceptors (Lipinski definition) is 3. The van der Waals surface area contributed by atoms with Gasteiger partial charge >= 0.3 is 0 Å². The lowest BCUT2D eigenvalue weighted by molar-refractivity contribution is 0.249. The molecule has 3 heteroatoms. The first kappa shape index (κ1) is 9.31. The van der Waals surface area contributed by atoms with Gasteiger partial charge in [-0.25, -0.2) is 0 Å². The summed E-state index contributed by atoms with van der Waals surface area (Å²) in [6, 6.07) is 8.26. The van der Waals surface area contributed by atoms with Crippen LogP contribution >= 0.6 is 11.8 Å². The zero-order valence-electron chi connectivity index (χ0n) is 8.40. The van der Waals surface area contributed by atoms with Crippen molar-refractivity contribution in [2.75, 3.05) is 12.3 Å². The third-order valence-corrected chi connectivity index (χ3v) is 4.12. The second kappa shape index (κ2) is 3.58. The summed E-state index contributed by atoms with van der Waals surface area (Å²) in [6.45, 7) is 0.570. The Morgan fingerprint density at radius 1 is 1.40 bits per heavy atom. The molecule has 1 aromatic rings. The predicted molar refractivity (Wildman–Crippen MR) is 63.9 cm³/mol. The lowest BCUT2D eigenvalue weighted by Crippen LogP contribution is -2.30. The zero-order valence-corrected chi connectivity index (χ0v) is 9.22. The second-order valence-electron chi connectivity index (χ2n) is 3.78. The highest BCUT2D eigenvalue weighted by Gasteiger charge is 2.30. The van der Waals surface area contributed by atoms with Crippen LogP contribution in [0.3, 0.4) is 0 Å². The Bertz CT molecular complexity index is 427. The van der Waals surface area contributed by atoms with Crippen molar-refractivity contribution in [2.24, 2.45) is 5.73 Å². The second-order valence-corrected chi connectivity index (χ2v) is 4.92. The molecule has 0 saturated heterocycles. The van der Waals surface area contributed by atoms with E-state index in [0.717, 1.165) is 12.2 Å². The smallest absolute Gasteiger partial charge is 0.142 e. The molecule has 2 aliphatic rings. The van der Waals surface area contributed by atoms with Crippen LogP contribution in [0.25, 0.3) is 5.57 Å². The molecular formula is C12H13NOS. The Balaban J connectivity index is 2.14. The standard InChI is InChI=1S/C12H13NOS/c13-7-11-12-9(5-6-15-12)8-3-1-2-4-10(8)14-11/h1-4,11H,5-7,13H2. The van der Waals surface area contributed by atoms with Crippen LogP contribution in [0.2, 0.25) is 0 Å². The third kappa shape index (κ3) is 1.38. The van der Waals surface area contributed by atoms with Gasteiger partial charge in [0.15, 0.2) is 0 Å². The van der Waals surface area contributed by atoms with Gasteiger partial charge in [0.2, 0.25) is 0 Å². The Labute approximate surface area is 93.5 Å². The fraction of sp³-hybridized carbons (Fsp3) is 0.333. The molecule has 1 aromatic carbocycles. The Kier molecular flexibility index (Phi) is 2.22. The summed E-state index contributed by atoms with van der Waals surface area (Å²) in [5.41, 5.74) is 8.47. The molecule has 78 valence electrons. The van der Waals surface area contributed by atoms with E-state index in [2.05, 4.69) is 12.1 Å². The molecular weight excluding hydrogens is 206 g/mol. The van der Waals surface area contributed by atoms with Gasteiger partial charge in [-0.3, -0.25) is 0 Å². The number of hydrogen-bond donors (Lipinski definition) is 1. The average Bonchev–Trinajstić information content (AvgIpc) is 2.77. The summed E-state index contributed by atoms with van der Waals surface area (Å²) in [6.07, 6.45) is 1.24. The highest BCUT2D eigenvalue weighted by molar-refractivity contribution is 8.03. The SMILES string of the molecule is NCC1Oc2ccccc2C2=C1SCC2. The summed E-state index contributed by atoms with van der Waals surface area (Å²) < 4.78 is 5.89. The molecule has 0 fully saturated rings. The minimum atomic E-state index is 0.0856. The van der Waals surface area contributed by atoms with Crippen molar-refractivity contribution in [3.05, 3.63) is 34.7 Å². The molecule has 0 bridgehead atoms. The van der Waals surface area contributed by atoms with Crippen molar-refractivity contribution in [1.82, 2.24) is 0 Å². The van der Waals surface area contributed by atoms with Crippen molar-refractivity contribution in [1.29, 1.82) is 0 Å². The first-order valence-electron chi connectivity index (χ1n) is 5.22. The van der Waals surface area contributed by atoms with Crippen LogP contribution < -0.4 is 10.5 Å². The average molecular weight is 219 g/mol. The maximum absolute atomic E-state index is 5.89. The molecule has 1 atom stereocenters. The quantitative estimate of drug-likeness (QED) is 0.787. The Morgan fingerprint density at radius 2 is 2.27 bits per heavy atom. The van der Waals surface area contributed by atoms with Gasteiger partial charge in [-0.05, 0) is 18.1 Å². The number of ether oxygens (including phenoxy) is 1. The molecule has 0 amide bonds. The molecule has 15 heavy (non-hydrogen) atoms. The molecule has 2 heterocycles. The van der Waals surface area contributed by atoms with E-state index in [4.69, 9.17) is 10.5 Å². The Morgan fingerprint density at radius 3 is 3.13 bits per heavy atom. The van der Waals surface area contributed by atoms with E-state index >= 15 is 0 Å². The number of nitrogens with two attached hydrogens (primary N) is 1. The van der Waals surface area contributed by atoms with Gasteiger partial charge in [0.05, 0.1) is 0 Å².